The average Bonchev–Trinajstić information content (AvgIpc) is 2.56. The Bertz CT molecular complexity index is 823. The fraction of sp³-hybridized carbons (Fsp3) is 0.250. The van der Waals surface area contributed by atoms with Crippen molar-refractivity contribution in [2.24, 2.45) is 0 Å². The van der Waals surface area contributed by atoms with Crippen molar-refractivity contribution < 1.29 is 17.9 Å². The van der Waals surface area contributed by atoms with E-state index in [4.69, 9.17) is 16.3 Å². The van der Waals surface area contributed by atoms with Crippen molar-refractivity contribution in [3.05, 3.63) is 58.9 Å². The number of sulfonamides is 1. The van der Waals surface area contributed by atoms with Gasteiger partial charge in [0.15, 0.2) is 5.78 Å². The van der Waals surface area contributed by atoms with E-state index >= 15 is 0 Å². The molecule has 8 heteroatoms. The third-order valence-corrected chi connectivity index (χ3v) is 5.45. The van der Waals surface area contributed by atoms with Crippen LogP contribution in [0.4, 0.5) is 0 Å². The van der Waals surface area contributed by atoms with Gasteiger partial charge < -0.3 is 4.74 Å². The largest absolute Gasteiger partial charge is 0.369 e. The van der Waals surface area contributed by atoms with Crippen molar-refractivity contribution >= 4 is 27.4 Å². The van der Waals surface area contributed by atoms with Gasteiger partial charge in [-0.1, -0.05) is 11.6 Å². The molecule has 0 radical (unpaired) electrons. The second-order valence-corrected chi connectivity index (χ2v) is 7.76. The zero-order valence-corrected chi connectivity index (χ0v) is 14.8. The molecule has 1 aromatic heterocycles. The summed E-state index contributed by atoms with van der Waals surface area (Å²) < 4.78 is 30.8. The van der Waals surface area contributed by atoms with Crippen molar-refractivity contribution in [2.45, 2.75) is 11.5 Å². The Hall–Kier alpha value is -1.80. The van der Waals surface area contributed by atoms with Crippen LogP contribution in [0.15, 0.2) is 47.6 Å². The zero-order valence-electron chi connectivity index (χ0n) is 13.3. The molecule has 0 saturated carbocycles. The summed E-state index contributed by atoms with van der Waals surface area (Å²) in [6.07, 6.45) is 3.04. The molecule has 1 heterocycles. The number of pyridine rings is 1. The first-order valence-electron chi connectivity index (χ1n) is 7.04. The lowest BCUT2D eigenvalue weighted by Crippen LogP contribution is -2.22. The third-order valence-electron chi connectivity index (χ3n) is 3.27. The molecule has 2 aromatic rings. The van der Waals surface area contributed by atoms with Gasteiger partial charge in [-0.05, 0) is 35.9 Å². The highest BCUT2D eigenvalue weighted by molar-refractivity contribution is 7.89. The van der Waals surface area contributed by atoms with Crippen LogP contribution in [0.5, 0.6) is 0 Å². The van der Waals surface area contributed by atoms with Crippen molar-refractivity contribution in [1.82, 2.24) is 9.29 Å². The SMILES string of the molecule is CN(C)S(=O)(=O)c1ccc(Cl)c(COCC(=O)c2cccnc2)c1. The van der Waals surface area contributed by atoms with Crippen molar-refractivity contribution in [3.8, 4) is 0 Å². The molecule has 0 atom stereocenters. The summed E-state index contributed by atoms with van der Waals surface area (Å²) in [5.74, 6) is -0.212. The standard InChI is InChI=1S/C16H17ClN2O4S/c1-19(2)24(21,22)14-5-6-15(17)13(8-14)10-23-11-16(20)12-4-3-7-18-9-12/h3-9H,10-11H2,1-2H3. The predicted octanol–water partition coefficient (Wildman–Crippen LogP) is 2.38. The Kier molecular flexibility index (Phi) is 6.06. The van der Waals surface area contributed by atoms with Gasteiger partial charge in [0.25, 0.3) is 0 Å². The van der Waals surface area contributed by atoms with Crippen LogP contribution in [0, 0.1) is 0 Å². The number of halogens is 1. The molecule has 6 nitrogen and oxygen atoms in total. The summed E-state index contributed by atoms with van der Waals surface area (Å²) >= 11 is 6.07. The fourth-order valence-corrected chi connectivity index (χ4v) is 3.02. The zero-order chi connectivity index (χ0) is 17.7. The molecule has 24 heavy (non-hydrogen) atoms. The maximum absolute atomic E-state index is 12.1. The van der Waals surface area contributed by atoms with Crippen LogP contribution in [0.1, 0.15) is 15.9 Å². The number of carbonyl (C=O) groups is 1. The molecule has 2 rings (SSSR count). The molecular formula is C16H17ClN2O4S. The van der Waals surface area contributed by atoms with E-state index in [0.29, 0.717) is 16.1 Å². The average molecular weight is 369 g/mol. The molecule has 0 unspecified atom stereocenters. The summed E-state index contributed by atoms with van der Waals surface area (Å²) in [6, 6.07) is 7.70. The van der Waals surface area contributed by atoms with Gasteiger partial charge in [-0.3, -0.25) is 9.78 Å². The normalized spacial score (nSPS) is 11.7. The number of ether oxygens (including phenoxy) is 1. The second-order valence-electron chi connectivity index (χ2n) is 5.20. The number of benzene rings is 1. The Labute approximate surface area is 146 Å². The lowest BCUT2D eigenvalue weighted by Gasteiger charge is -2.13. The third kappa shape index (κ3) is 4.39. The minimum Gasteiger partial charge on any atom is -0.369 e. The lowest BCUT2D eigenvalue weighted by atomic mass is 10.2. The smallest absolute Gasteiger partial charge is 0.242 e. The van der Waals surface area contributed by atoms with E-state index in [1.165, 1.54) is 38.5 Å². The number of aromatic nitrogens is 1. The van der Waals surface area contributed by atoms with Crippen molar-refractivity contribution in [3.63, 3.8) is 0 Å². The molecule has 0 aliphatic rings. The number of Topliss-reactive ketones (excluding diaryl/α,β-unsaturated/α-hetero) is 1. The Morgan fingerprint density at radius 2 is 2.04 bits per heavy atom. The number of hydrogen-bond acceptors (Lipinski definition) is 5. The van der Waals surface area contributed by atoms with Gasteiger partial charge >= 0.3 is 0 Å². The first-order valence-corrected chi connectivity index (χ1v) is 8.86. The lowest BCUT2D eigenvalue weighted by molar-refractivity contribution is 0.0726. The quantitative estimate of drug-likeness (QED) is 0.701. The fourth-order valence-electron chi connectivity index (χ4n) is 1.90. The molecule has 0 aliphatic carbocycles. The van der Waals surface area contributed by atoms with Crippen LogP contribution in [-0.2, 0) is 21.4 Å². The van der Waals surface area contributed by atoms with Crippen molar-refractivity contribution in [1.29, 1.82) is 0 Å². The van der Waals surface area contributed by atoms with Crippen molar-refractivity contribution in [2.75, 3.05) is 20.7 Å². The molecule has 0 N–H and O–H groups in total. The highest BCUT2D eigenvalue weighted by atomic mass is 35.5. The van der Waals surface area contributed by atoms with E-state index in [2.05, 4.69) is 4.98 Å². The minimum atomic E-state index is -3.56. The number of carbonyl (C=O) groups excluding carboxylic acids is 1. The molecule has 1 aromatic carbocycles. The van der Waals surface area contributed by atoms with Crippen LogP contribution in [0.25, 0.3) is 0 Å². The summed E-state index contributed by atoms with van der Waals surface area (Å²) in [6.45, 7) is -0.117. The number of nitrogens with zero attached hydrogens (tertiary/aromatic N) is 2. The maximum Gasteiger partial charge on any atom is 0.242 e. The summed E-state index contributed by atoms with van der Waals surface area (Å²) in [7, 11) is -0.654. The Morgan fingerprint density at radius 1 is 1.29 bits per heavy atom. The molecule has 0 saturated heterocycles. The van der Waals surface area contributed by atoms with Gasteiger partial charge in [-0.15, -0.1) is 0 Å². The van der Waals surface area contributed by atoms with Gasteiger partial charge in [0, 0.05) is 37.1 Å². The summed E-state index contributed by atoms with van der Waals surface area (Å²) in [4.78, 5) is 15.9. The van der Waals surface area contributed by atoms with Crippen LogP contribution >= 0.6 is 11.6 Å². The highest BCUT2D eigenvalue weighted by Crippen LogP contribution is 2.22. The Morgan fingerprint density at radius 3 is 2.67 bits per heavy atom. The van der Waals surface area contributed by atoms with Crippen LogP contribution in [-0.4, -0.2) is 44.2 Å². The van der Waals surface area contributed by atoms with Gasteiger partial charge in [0.1, 0.15) is 6.61 Å². The predicted molar refractivity (Wildman–Crippen MR) is 90.5 cm³/mol. The second kappa shape index (κ2) is 7.85. The van der Waals surface area contributed by atoms with Gasteiger partial charge in [-0.25, -0.2) is 12.7 Å². The van der Waals surface area contributed by atoms with Gasteiger partial charge in [0.2, 0.25) is 10.0 Å². The molecule has 128 valence electrons. The molecule has 0 amide bonds. The monoisotopic (exact) mass is 368 g/mol. The topological polar surface area (TPSA) is 76.6 Å². The van der Waals surface area contributed by atoms with Gasteiger partial charge in [-0.2, -0.15) is 0 Å². The molecule has 0 bridgehead atoms. The van der Waals surface area contributed by atoms with Crippen LogP contribution in [0.3, 0.4) is 0 Å². The molecule has 0 spiro atoms. The maximum atomic E-state index is 12.1. The Balaban J connectivity index is 2.06. The van der Waals surface area contributed by atoms with E-state index in [9.17, 15) is 13.2 Å². The van der Waals surface area contributed by atoms with E-state index in [1.807, 2.05) is 0 Å². The first kappa shape index (κ1) is 18.5. The van der Waals surface area contributed by atoms with E-state index in [-0.39, 0.29) is 23.9 Å². The minimum absolute atomic E-state index is 0.0294. The van der Waals surface area contributed by atoms with E-state index in [1.54, 1.807) is 18.3 Å². The van der Waals surface area contributed by atoms with Crippen LogP contribution < -0.4 is 0 Å². The molecular weight excluding hydrogens is 352 g/mol. The number of hydrogen-bond donors (Lipinski definition) is 0. The van der Waals surface area contributed by atoms with Gasteiger partial charge in [0.05, 0.1) is 11.5 Å². The summed E-state index contributed by atoms with van der Waals surface area (Å²) in [5, 5.41) is 0.376. The first-order chi connectivity index (χ1) is 11.3. The molecule has 0 aliphatic heterocycles. The number of rotatable bonds is 7. The van der Waals surface area contributed by atoms with Crippen LogP contribution in [0.2, 0.25) is 5.02 Å². The highest BCUT2D eigenvalue weighted by Gasteiger charge is 2.18. The van der Waals surface area contributed by atoms with E-state index < -0.39 is 10.0 Å². The molecule has 0 fully saturated rings. The number of ketones is 1. The van der Waals surface area contributed by atoms with E-state index in [0.717, 1.165) is 4.31 Å². The summed E-state index contributed by atoms with van der Waals surface area (Å²) in [5.41, 5.74) is 0.950.